The van der Waals surface area contributed by atoms with Crippen molar-refractivity contribution >= 4 is 32.7 Å². The lowest BCUT2D eigenvalue weighted by Crippen LogP contribution is -2.14. The number of nitrogens with zero attached hydrogens (tertiary/aromatic N) is 3. The lowest BCUT2D eigenvalue weighted by Gasteiger charge is -2.22. The zero-order valence-corrected chi connectivity index (χ0v) is 27.9. The molecule has 9 aromatic rings. The molecule has 0 N–H and O–H groups in total. The highest BCUT2D eigenvalue weighted by molar-refractivity contribution is 6.10. The maximum absolute atomic E-state index is 5.23. The Balaban J connectivity index is 1.06. The maximum atomic E-state index is 5.23. The van der Waals surface area contributed by atoms with E-state index in [1.165, 1.54) is 55.3 Å². The summed E-state index contributed by atoms with van der Waals surface area (Å²) in [5.41, 5.74) is 15.5. The smallest absolute Gasteiger partial charge is 0.235 e. The van der Waals surface area contributed by atoms with Gasteiger partial charge in [-0.3, -0.25) is 4.57 Å². The predicted molar refractivity (Wildman–Crippen MR) is 208 cm³/mol. The Morgan fingerprint density at radius 3 is 1.84 bits per heavy atom. The van der Waals surface area contributed by atoms with Crippen molar-refractivity contribution in [2.75, 3.05) is 0 Å². The van der Waals surface area contributed by atoms with Gasteiger partial charge < -0.3 is 0 Å². The lowest BCUT2D eigenvalue weighted by atomic mass is 9.81. The minimum atomic E-state index is -0.0164. The zero-order chi connectivity index (χ0) is 33.4. The molecule has 0 fully saturated rings. The Hall–Kier alpha value is -6.32. The normalized spacial score (nSPS) is 13.2. The van der Waals surface area contributed by atoms with Crippen molar-refractivity contribution in [2.24, 2.45) is 0 Å². The van der Waals surface area contributed by atoms with Gasteiger partial charge in [0, 0.05) is 27.1 Å². The minimum Gasteiger partial charge on any atom is -0.278 e. The van der Waals surface area contributed by atoms with Gasteiger partial charge in [0.1, 0.15) is 0 Å². The first kappa shape index (κ1) is 28.7. The van der Waals surface area contributed by atoms with E-state index in [1.54, 1.807) is 0 Å². The molecule has 0 saturated heterocycles. The molecule has 0 saturated carbocycles. The fraction of sp³-hybridized carbons (Fsp3) is 0.0638. The van der Waals surface area contributed by atoms with E-state index in [9.17, 15) is 0 Å². The molecule has 3 nitrogen and oxygen atoms in total. The third-order valence-corrected chi connectivity index (χ3v) is 10.6. The fourth-order valence-corrected chi connectivity index (χ4v) is 8.09. The Kier molecular flexibility index (Phi) is 6.22. The van der Waals surface area contributed by atoms with Crippen molar-refractivity contribution < 1.29 is 0 Å². The number of aromatic nitrogens is 3. The van der Waals surface area contributed by atoms with E-state index in [0.29, 0.717) is 5.95 Å². The average molecular weight is 640 g/mol. The van der Waals surface area contributed by atoms with Crippen molar-refractivity contribution in [3.63, 3.8) is 0 Å². The fourth-order valence-electron chi connectivity index (χ4n) is 8.09. The van der Waals surface area contributed by atoms with Crippen LogP contribution in [-0.4, -0.2) is 14.5 Å². The molecular weight excluding hydrogens is 607 g/mol. The number of hydrogen-bond acceptors (Lipinski definition) is 2. The van der Waals surface area contributed by atoms with E-state index in [-0.39, 0.29) is 5.41 Å². The van der Waals surface area contributed by atoms with E-state index in [2.05, 4.69) is 170 Å². The van der Waals surface area contributed by atoms with E-state index < -0.39 is 0 Å². The molecule has 2 aromatic heterocycles. The van der Waals surface area contributed by atoms with Gasteiger partial charge in [0.25, 0.3) is 0 Å². The standard InChI is InChI=1S/C47H33N3/c1-47(2)40-17-9-6-14-35(40)36-26-24-34(29-41(36)47)31-22-20-30(21-23-31)33-25-27-44-39(28-33)37-15-8-11-19-43(37)50(44)46-48-42-18-10-7-16-38(42)45(49-46)32-12-4-3-5-13-32/h3-29H,1-2H3. The Labute approximate surface area is 291 Å². The van der Waals surface area contributed by atoms with E-state index in [0.717, 1.165) is 33.2 Å². The summed E-state index contributed by atoms with van der Waals surface area (Å²) >= 11 is 0. The predicted octanol–water partition coefficient (Wildman–Crippen LogP) is 12.0. The quantitative estimate of drug-likeness (QED) is 0.192. The van der Waals surface area contributed by atoms with Gasteiger partial charge >= 0.3 is 0 Å². The van der Waals surface area contributed by atoms with Gasteiger partial charge in [0.05, 0.1) is 22.2 Å². The van der Waals surface area contributed by atoms with Gasteiger partial charge in [-0.1, -0.05) is 147 Å². The van der Waals surface area contributed by atoms with Crippen molar-refractivity contribution in [1.29, 1.82) is 0 Å². The highest BCUT2D eigenvalue weighted by Crippen LogP contribution is 2.49. The van der Waals surface area contributed by atoms with Crippen molar-refractivity contribution in [2.45, 2.75) is 19.3 Å². The Morgan fingerprint density at radius 2 is 1.02 bits per heavy atom. The summed E-state index contributed by atoms with van der Waals surface area (Å²) in [6, 6.07) is 58.8. The second-order valence-electron chi connectivity index (χ2n) is 13.8. The summed E-state index contributed by atoms with van der Waals surface area (Å²) < 4.78 is 2.21. The van der Waals surface area contributed by atoms with Gasteiger partial charge in [-0.2, -0.15) is 0 Å². The summed E-state index contributed by atoms with van der Waals surface area (Å²) in [7, 11) is 0. The average Bonchev–Trinajstić information content (AvgIpc) is 3.62. The van der Waals surface area contributed by atoms with Crippen molar-refractivity contribution in [1.82, 2.24) is 14.5 Å². The van der Waals surface area contributed by atoms with Crippen molar-refractivity contribution in [3.05, 3.63) is 175 Å². The SMILES string of the molecule is CC1(C)c2ccccc2-c2ccc(-c3ccc(-c4ccc5c(c4)c4ccccc4n5-c4nc(-c5ccccc5)c5ccccc5n4)cc3)cc21. The monoisotopic (exact) mass is 639 g/mol. The second kappa shape index (κ2) is 10.8. The zero-order valence-electron chi connectivity index (χ0n) is 27.9. The molecule has 3 heteroatoms. The maximum Gasteiger partial charge on any atom is 0.235 e. The first-order chi connectivity index (χ1) is 24.5. The lowest BCUT2D eigenvalue weighted by molar-refractivity contribution is 0.660. The number of benzene rings is 7. The molecule has 1 aliphatic rings. The molecule has 2 heterocycles. The molecule has 0 bridgehead atoms. The number of para-hydroxylation sites is 2. The molecule has 0 atom stereocenters. The molecule has 10 rings (SSSR count). The molecule has 7 aromatic carbocycles. The van der Waals surface area contributed by atoms with E-state index in [4.69, 9.17) is 9.97 Å². The Bertz CT molecular complexity index is 2770. The van der Waals surface area contributed by atoms with Gasteiger partial charge in [-0.15, -0.1) is 0 Å². The number of fused-ring (bicyclic) bond motifs is 7. The summed E-state index contributed by atoms with van der Waals surface area (Å²) in [6.07, 6.45) is 0. The third-order valence-electron chi connectivity index (χ3n) is 10.6. The third kappa shape index (κ3) is 4.30. The molecule has 0 aliphatic heterocycles. The highest BCUT2D eigenvalue weighted by atomic mass is 15.2. The molecule has 0 amide bonds. The van der Waals surface area contributed by atoms with Crippen LogP contribution in [0.5, 0.6) is 0 Å². The van der Waals surface area contributed by atoms with Crippen LogP contribution < -0.4 is 0 Å². The van der Waals surface area contributed by atoms with Crippen LogP contribution >= 0.6 is 0 Å². The summed E-state index contributed by atoms with van der Waals surface area (Å²) in [4.78, 5) is 10.3. The summed E-state index contributed by atoms with van der Waals surface area (Å²) in [5.74, 6) is 0.673. The van der Waals surface area contributed by atoms with Crippen LogP contribution in [-0.2, 0) is 5.41 Å². The summed E-state index contributed by atoms with van der Waals surface area (Å²) in [6.45, 7) is 4.68. The first-order valence-corrected chi connectivity index (χ1v) is 17.3. The van der Waals surface area contributed by atoms with Crippen LogP contribution in [0.1, 0.15) is 25.0 Å². The summed E-state index contributed by atoms with van der Waals surface area (Å²) in [5, 5.41) is 3.41. The number of hydrogen-bond donors (Lipinski definition) is 0. The van der Waals surface area contributed by atoms with Crippen LogP contribution in [0.25, 0.3) is 83.3 Å². The van der Waals surface area contributed by atoms with Crippen LogP contribution in [0, 0.1) is 0 Å². The van der Waals surface area contributed by atoms with Gasteiger partial charge in [0.15, 0.2) is 0 Å². The molecule has 236 valence electrons. The number of rotatable bonds is 4. The van der Waals surface area contributed by atoms with Gasteiger partial charge in [0.2, 0.25) is 5.95 Å². The van der Waals surface area contributed by atoms with E-state index >= 15 is 0 Å². The second-order valence-corrected chi connectivity index (χ2v) is 13.8. The van der Waals surface area contributed by atoms with Crippen LogP contribution in [0.2, 0.25) is 0 Å². The topological polar surface area (TPSA) is 30.7 Å². The first-order valence-electron chi connectivity index (χ1n) is 17.3. The van der Waals surface area contributed by atoms with Crippen LogP contribution in [0.3, 0.4) is 0 Å². The van der Waals surface area contributed by atoms with Crippen molar-refractivity contribution in [3.8, 4) is 50.6 Å². The minimum absolute atomic E-state index is 0.0164. The van der Waals surface area contributed by atoms with Gasteiger partial charge in [-0.05, 0) is 74.8 Å². The van der Waals surface area contributed by atoms with E-state index in [1.807, 2.05) is 12.1 Å². The molecule has 0 unspecified atom stereocenters. The highest BCUT2D eigenvalue weighted by Gasteiger charge is 2.35. The largest absolute Gasteiger partial charge is 0.278 e. The van der Waals surface area contributed by atoms with Gasteiger partial charge in [-0.25, -0.2) is 9.97 Å². The Morgan fingerprint density at radius 1 is 0.420 bits per heavy atom. The molecule has 1 aliphatic carbocycles. The molecule has 50 heavy (non-hydrogen) atoms. The van der Waals surface area contributed by atoms with Crippen LogP contribution in [0.15, 0.2) is 164 Å². The molecule has 0 radical (unpaired) electrons. The molecular formula is C47H33N3. The molecule has 0 spiro atoms. The van der Waals surface area contributed by atoms with Crippen LogP contribution in [0.4, 0.5) is 0 Å².